The van der Waals surface area contributed by atoms with Crippen molar-refractivity contribution in [3.05, 3.63) is 41.7 Å². The van der Waals surface area contributed by atoms with Gasteiger partial charge in [0.15, 0.2) is 0 Å². The fourth-order valence-electron chi connectivity index (χ4n) is 3.32. The highest BCUT2D eigenvalue weighted by molar-refractivity contribution is 5.43. The molecule has 2 aromatic rings. The van der Waals surface area contributed by atoms with Crippen LogP contribution in [0.4, 0.5) is 0 Å². The summed E-state index contributed by atoms with van der Waals surface area (Å²) in [6.45, 7) is 6.25. The Bertz CT molecular complexity index is 653. The Morgan fingerprint density at radius 3 is 2.74 bits per heavy atom. The Labute approximate surface area is 137 Å². The SMILES string of the molecule is COc1ccc(OC)c(C2CCN(CCn3nccc3C)C2)c1. The van der Waals surface area contributed by atoms with Gasteiger partial charge in [0.25, 0.3) is 0 Å². The maximum atomic E-state index is 5.54. The van der Waals surface area contributed by atoms with Crippen molar-refractivity contribution in [1.82, 2.24) is 14.7 Å². The van der Waals surface area contributed by atoms with Gasteiger partial charge in [0.2, 0.25) is 0 Å². The van der Waals surface area contributed by atoms with Crippen molar-refractivity contribution in [3.8, 4) is 11.5 Å². The predicted molar refractivity (Wildman–Crippen MR) is 90.3 cm³/mol. The maximum Gasteiger partial charge on any atom is 0.122 e. The molecule has 3 rings (SSSR count). The standard InChI is InChI=1S/C18H25N3O2/c1-14-6-8-19-21(14)11-10-20-9-7-15(13-20)17-12-16(22-2)4-5-18(17)23-3/h4-6,8,12,15H,7,9-11,13H2,1-3H3. The Hall–Kier alpha value is -2.01. The van der Waals surface area contributed by atoms with Gasteiger partial charge in [-0.15, -0.1) is 0 Å². The van der Waals surface area contributed by atoms with E-state index in [0.29, 0.717) is 5.92 Å². The van der Waals surface area contributed by atoms with Crippen molar-refractivity contribution in [2.24, 2.45) is 0 Å². The minimum Gasteiger partial charge on any atom is -0.497 e. The number of rotatable bonds is 6. The molecule has 5 nitrogen and oxygen atoms in total. The third kappa shape index (κ3) is 3.50. The molecule has 0 amide bonds. The summed E-state index contributed by atoms with van der Waals surface area (Å²) < 4.78 is 13.0. The normalized spacial score (nSPS) is 18.3. The average Bonchev–Trinajstić information content (AvgIpc) is 3.21. The number of hydrogen-bond donors (Lipinski definition) is 0. The lowest BCUT2D eigenvalue weighted by atomic mass is 9.97. The fraction of sp³-hybridized carbons (Fsp3) is 0.500. The minimum absolute atomic E-state index is 0.499. The van der Waals surface area contributed by atoms with Crippen LogP contribution in [0.2, 0.25) is 0 Å². The van der Waals surface area contributed by atoms with E-state index in [2.05, 4.69) is 27.7 Å². The molecular formula is C18H25N3O2. The lowest BCUT2D eigenvalue weighted by molar-refractivity contribution is 0.309. The van der Waals surface area contributed by atoms with Gasteiger partial charge in [-0.1, -0.05) is 0 Å². The van der Waals surface area contributed by atoms with E-state index in [1.54, 1.807) is 14.2 Å². The van der Waals surface area contributed by atoms with Crippen LogP contribution in [0, 0.1) is 6.92 Å². The molecule has 1 fully saturated rings. The maximum absolute atomic E-state index is 5.54. The fourth-order valence-corrected chi connectivity index (χ4v) is 3.32. The van der Waals surface area contributed by atoms with Crippen LogP contribution in [0.1, 0.15) is 23.6 Å². The molecule has 1 aliphatic heterocycles. The summed E-state index contributed by atoms with van der Waals surface area (Å²) in [5.41, 5.74) is 2.47. The van der Waals surface area contributed by atoms with Crippen molar-refractivity contribution in [2.75, 3.05) is 33.9 Å². The van der Waals surface area contributed by atoms with Gasteiger partial charge in [-0.25, -0.2) is 0 Å². The first-order chi connectivity index (χ1) is 11.2. The van der Waals surface area contributed by atoms with E-state index in [0.717, 1.165) is 44.1 Å². The molecule has 2 heterocycles. The molecule has 1 aromatic heterocycles. The van der Waals surface area contributed by atoms with Crippen LogP contribution >= 0.6 is 0 Å². The molecule has 1 unspecified atom stereocenters. The van der Waals surface area contributed by atoms with Gasteiger partial charge in [-0.3, -0.25) is 4.68 Å². The van der Waals surface area contributed by atoms with Crippen molar-refractivity contribution < 1.29 is 9.47 Å². The highest BCUT2D eigenvalue weighted by atomic mass is 16.5. The quantitative estimate of drug-likeness (QED) is 0.822. The van der Waals surface area contributed by atoms with E-state index in [1.165, 1.54) is 11.3 Å². The van der Waals surface area contributed by atoms with Crippen molar-refractivity contribution in [1.29, 1.82) is 0 Å². The Morgan fingerprint density at radius 2 is 2.04 bits per heavy atom. The van der Waals surface area contributed by atoms with Crippen LogP contribution in [-0.4, -0.2) is 48.5 Å². The number of aromatic nitrogens is 2. The van der Waals surface area contributed by atoms with E-state index in [9.17, 15) is 0 Å². The topological polar surface area (TPSA) is 39.5 Å². The molecule has 1 saturated heterocycles. The van der Waals surface area contributed by atoms with Crippen molar-refractivity contribution >= 4 is 0 Å². The molecule has 1 aromatic carbocycles. The van der Waals surface area contributed by atoms with Crippen LogP contribution in [0.15, 0.2) is 30.5 Å². The zero-order valence-corrected chi connectivity index (χ0v) is 14.2. The molecule has 0 radical (unpaired) electrons. The minimum atomic E-state index is 0.499. The molecule has 124 valence electrons. The molecule has 0 aliphatic carbocycles. The molecule has 1 aliphatic rings. The van der Waals surface area contributed by atoms with Crippen LogP contribution in [-0.2, 0) is 6.54 Å². The molecule has 0 saturated carbocycles. The second kappa shape index (κ2) is 7.04. The van der Waals surface area contributed by atoms with Crippen LogP contribution in [0.3, 0.4) is 0 Å². The van der Waals surface area contributed by atoms with Crippen LogP contribution in [0.5, 0.6) is 11.5 Å². The largest absolute Gasteiger partial charge is 0.497 e. The molecule has 23 heavy (non-hydrogen) atoms. The molecule has 0 bridgehead atoms. The highest BCUT2D eigenvalue weighted by Crippen LogP contribution is 2.35. The summed E-state index contributed by atoms with van der Waals surface area (Å²) in [6.07, 6.45) is 3.02. The third-order valence-corrected chi connectivity index (χ3v) is 4.71. The first-order valence-electron chi connectivity index (χ1n) is 8.14. The van der Waals surface area contributed by atoms with E-state index in [-0.39, 0.29) is 0 Å². The van der Waals surface area contributed by atoms with Gasteiger partial charge in [0, 0.05) is 36.5 Å². The van der Waals surface area contributed by atoms with E-state index in [4.69, 9.17) is 9.47 Å². The lowest BCUT2D eigenvalue weighted by Crippen LogP contribution is -2.25. The summed E-state index contributed by atoms with van der Waals surface area (Å²) in [7, 11) is 3.44. The van der Waals surface area contributed by atoms with Gasteiger partial charge in [0.05, 0.1) is 20.8 Å². The van der Waals surface area contributed by atoms with Crippen molar-refractivity contribution in [3.63, 3.8) is 0 Å². The monoisotopic (exact) mass is 315 g/mol. The van der Waals surface area contributed by atoms with E-state index >= 15 is 0 Å². The number of nitrogens with zero attached hydrogens (tertiary/aromatic N) is 3. The number of methoxy groups -OCH3 is 2. The zero-order chi connectivity index (χ0) is 16.2. The van der Waals surface area contributed by atoms with Gasteiger partial charge < -0.3 is 14.4 Å². The van der Waals surface area contributed by atoms with Gasteiger partial charge in [-0.05, 0) is 44.2 Å². The highest BCUT2D eigenvalue weighted by Gasteiger charge is 2.26. The summed E-state index contributed by atoms with van der Waals surface area (Å²) in [5.74, 6) is 2.35. The third-order valence-electron chi connectivity index (χ3n) is 4.71. The predicted octanol–water partition coefficient (Wildman–Crippen LogP) is 2.70. The number of hydrogen-bond acceptors (Lipinski definition) is 4. The Morgan fingerprint density at radius 1 is 1.17 bits per heavy atom. The summed E-state index contributed by atoms with van der Waals surface area (Å²) in [5, 5.41) is 4.36. The van der Waals surface area contributed by atoms with Crippen molar-refractivity contribution in [2.45, 2.75) is 25.8 Å². The Balaban J connectivity index is 1.64. The van der Waals surface area contributed by atoms with Crippen LogP contribution in [0.25, 0.3) is 0 Å². The second-order valence-electron chi connectivity index (χ2n) is 6.09. The molecule has 0 spiro atoms. The summed E-state index contributed by atoms with van der Waals surface area (Å²) in [4.78, 5) is 2.50. The van der Waals surface area contributed by atoms with Gasteiger partial charge >= 0.3 is 0 Å². The molecule has 1 atom stereocenters. The molecule has 5 heteroatoms. The summed E-state index contributed by atoms with van der Waals surface area (Å²) >= 11 is 0. The zero-order valence-electron chi connectivity index (χ0n) is 14.2. The number of benzene rings is 1. The second-order valence-corrected chi connectivity index (χ2v) is 6.09. The lowest BCUT2D eigenvalue weighted by Gasteiger charge is -2.18. The Kier molecular flexibility index (Phi) is 4.86. The van der Waals surface area contributed by atoms with E-state index < -0.39 is 0 Å². The number of likely N-dealkylation sites (tertiary alicyclic amines) is 1. The number of ether oxygens (including phenoxy) is 2. The van der Waals surface area contributed by atoms with Gasteiger partial charge in [-0.2, -0.15) is 5.10 Å². The summed E-state index contributed by atoms with van der Waals surface area (Å²) in [6, 6.07) is 8.12. The van der Waals surface area contributed by atoms with Gasteiger partial charge in [0.1, 0.15) is 11.5 Å². The number of aryl methyl sites for hydroxylation is 1. The molecular weight excluding hydrogens is 290 g/mol. The first-order valence-corrected chi connectivity index (χ1v) is 8.14. The smallest absolute Gasteiger partial charge is 0.122 e. The molecule has 0 N–H and O–H groups in total. The first kappa shape index (κ1) is 15.9. The average molecular weight is 315 g/mol. The van der Waals surface area contributed by atoms with Crippen LogP contribution < -0.4 is 9.47 Å². The van der Waals surface area contributed by atoms with E-state index in [1.807, 2.05) is 24.4 Å².